The fraction of sp³-hybridized carbons (Fsp3) is 0.348. The van der Waals surface area contributed by atoms with Crippen molar-refractivity contribution in [3.05, 3.63) is 65.2 Å². The van der Waals surface area contributed by atoms with Crippen molar-refractivity contribution in [1.82, 2.24) is 0 Å². The molecule has 33 heavy (non-hydrogen) atoms. The third kappa shape index (κ3) is 6.86. The first-order valence-electron chi connectivity index (χ1n) is 10.4. The van der Waals surface area contributed by atoms with Gasteiger partial charge in [-0.3, -0.25) is 4.79 Å². The van der Waals surface area contributed by atoms with Crippen LogP contribution in [-0.2, 0) is 20.7 Å². The number of carbonyl (C=O) groups excluding carboxylic acids is 3. The van der Waals surface area contributed by atoms with Crippen molar-refractivity contribution < 1.29 is 42.3 Å². The lowest BCUT2D eigenvalue weighted by Gasteiger charge is -2.28. The Labute approximate surface area is 189 Å². The average Bonchev–Trinajstić information content (AvgIpc) is 2.78. The molecule has 0 aliphatic carbocycles. The van der Waals surface area contributed by atoms with Gasteiger partial charge in [-0.1, -0.05) is 30.3 Å². The Hall–Kier alpha value is -3.27. The molecule has 10 heteroatoms. The summed E-state index contributed by atoms with van der Waals surface area (Å²) in [4.78, 5) is 36.5. The number of carbonyl (C=O) groups is 3. The smallest absolute Gasteiger partial charge is 0.526 e. The summed E-state index contributed by atoms with van der Waals surface area (Å²) < 4.78 is 41.4. The number of ketones is 1. The largest absolute Gasteiger partial charge is 0.535 e. The highest BCUT2D eigenvalue weighted by atomic mass is 19.3. The number of alkyl halides is 2. The van der Waals surface area contributed by atoms with Crippen molar-refractivity contribution in [3.63, 3.8) is 0 Å². The van der Waals surface area contributed by atoms with Crippen molar-refractivity contribution in [2.45, 2.75) is 44.3 Å². The van der Waals surface area contributed by atoms with Crippen molar-refractivity contribution in [2.24, 2.45) is 0 Å². The molecule has 0 fully saturated rings. The summed E-state index contributed by atoms with van der Waals surface area (Å²) in [7, 11) is -1.39. The van der Waals surface area contributed by atoms with Crippen LogP contribution in [0.3, 0.4) is 0 Å². The minimum atomic E-state index is -2.94. The third-order valence-electron chi connectivity index (χ3n) is 5.16. The number of fused-ring (bicyclic) bond motifs is 1. The molecule has 0 amide bonds. The Kier molecular flexibility index (Phi) is 7.81. The van der Waals surface area contributed by atoms with Gasteiger partial charge in [-0.15, -0.1) is 0 Å². The summed E-state index contributed by atoms with van der Waals surface area (Å²) >= 11 is 0. The number of hydrogen-bond acceptors (Lipinski definition) is 7. The summed E-state index contributed by atoms with van der Waals surface area (Å²) in [6, 6.07) is 12.9. The molecule has 7 nitrogen and oxygen atoms in total. The highest BCUT2D eigenvalue weighted by molar-refractivity contribution is 6.47. The second-order valence-corrected chi connectivity index (χ2v) is 7.93. The predicted molar refractivity (Wildman–Crippen MR) is 114 cm³/mol. The van der Waals surface area contributed by atoms with E-state index in [1.54, 1.807) is 42.5 Å². The minimum absolute atomic E-state index is 0.0257. The molecule has 0 saturated heterocycles. The van der Waals surface area contributed by atoms with Gasteiger partial charge < -0.3 is 19.2 Å². The van der Waals surface area contributed by atoms with Crippen LogP contribution in [-0.4, -0.2) is 42.6 Å². The van der Waals surface area contributed by atoms with Gasteiger partial charge >= 0.3 is 19.1 Å². The second kappa shape index (κ2) is 10.6. The lowest BCUT2D eigenvalue weighted by Crippen LogP contribution is -2.36. The van der Waals surface area contributed by atoms with E-state index in [2.05, 4.69) is 0 Å². The Morgan fingerprint density at radius 2 is 1.79 bits per heavy atom. The van der Waals surface area contributed by atoms with Crippen molar-refractivity contribution >= 4 is 24.8 Å². The molecule has 1 atom stereocenters. The van der Waals surface area contributed by atoms with Crippen LogP contribution in [0.4, 0.5) is 8.78 Å². The first kappa shape index (κ1) is 24.4. The monoisotopic (exact) mass is 460 g/mol. The van der Waals surface area contributed by atoms with Crippen LogP contribution in [0.2, 0.25) is 5.82 Å². The maximum Gasteiger partial charge on any atom is 0.526 e. The van der Waals surface area contributed by atoms with Crippen molar-refractivity contribution in [1.29, 1.82) is 0 Å². The van der Waals surface area contributed by atoms with E-state index in [1.807, 2.05) is 0 Å². The molecule has 0 spiro atoms. The molecule has 1 heterocycles. The van der Waals surface area contributed by atoms with Gasteiger partial charge in [0.2, 0.25) is 12.7 Å². The van der Waals surface area contributed by atoms with Crippen LogP contribution in [0.5, 0.6) is 5.75 Å². The quantitative estimate of drug-likeness (QED) is 0.345. The highest BCUT2D eigenvalue weighted by Gasteiger charge is 2.38. The van der Waals surface area contributed by atoms with E-state index in [0.29, 0.717) is 11.1 Å². The first-order chi connectivity index (χ1) is 15.6. The minimum Gasteiger partial charge on any atom is -0.535 e. The van der Waals surface area contributed by atoms with E-state index >= 15 is 0 Å². The zero-order valence-electron chi connectivity index (χ0n) is 18.0. The van der Waals surface area contributed by atoms with Gasteiger partial charge in [0.05, 0.1) is 5.56 Å². The number of hydrogen-bond donors (Lipinski definition) is 1. The number of para-hydroxylation sites is 1. The van der Waals surface area contributed by atoms with Crippen molar-refractivity contribution in [2.75, 3.05) is 6.79 Å². The number of rotatable bonds is 9. The first-order valence-corrected chi connectivity index (χ1v) is 10.4. The molecule has 2 aromatic rings. The van der Waals surface area contributed by atoms with Crippen LogP contribution in [0.1, 0.15) is 52.5 Å². The van der Waals surface area contributed by atoms with Crippen LogP contribution in [0, 0.1) is 0 Å². The van der Waals surface area contributed by atoms with Gasteiger partial charge in [0, 0.05) is 25.1 Å². The zero-order valence-corrected chi connectivity index (χ0v) is 18.0. The third-order valence-corrected chi connectivity index (χ3v) is 5.16. The van der Waals surface area contributed by atoms with Gasteiger partial charge in [0.15, 0.2) is 0 Å². The van der Waals surface area contributed by atoms with Crippen LogP contribution in [0.25, 0.3) is 0 Å². The lowest BCUT2D eigenvalue weighted by atomic mass is 9.64. The van der Waals surface area contributed by atoms with Gasteiger partial charge in [0.1, 0.15) is 17.1 Å². The number of Topliss-reactive ketones (excluding diaryl/α,β-unsaturated/α-hetero) is 1. The molecule has 0 unspecified atom stereocenters. The summed E-state index contributed by atoms with van der Waals surface area (Å²) in [5, 5.41) is 10.3. The molecule has 0 radical (unpaired) electrons. The van der Waals surface area contributed by atoms with Gasteiger partial charge in [-0.2, -0.15) is 0 Å². The summed E-state index contributed by atoms with van der Waals surface area (Å²) in [5.41, 5.74) is 0.896. The predicted octanol–water partition coefficient (Wildman–Crippen LogP) is 3.84. The summed E-state index contributed by atoms with van der Waals surface area (Å²) in [5.74, 6) is -5.34. The fourth-order valence-corrected chi connectivity index (χ4v) is 3.44. The topological polar surface area (TPSA) is 99.1 Å². The molecule has 0 saturated carbocycles. The van der Waals surface area contributed by atoms with E-state index in [4.69, 9.17) is 14.1 Å². The van der Waals surface area contributed by atoms with Crippen molar-refractivity contribution in [3.8, 4) is 5.75 Å². The molecule has 2 aromatic carbocycles. The SMILES string of the molecule is CC(F)(F)CCC(=O)C[C@H]1Cc2cccc(C(=O)OCOC(=O)c3ccccc3)c2OB1O. The lowest BCUT2D eigenvalue weighted by molar-refractivity contribution is -0.121. The highest BCUT2D eigenvalue weighted by Crippen LogP contribution is 2.37. The maximum atomic E-state index is 13.0. The Morgan fingerprint density at radius 1 is 1.09 bits per heavy atom. The normalized spacial score (nSPS) is 15.3. The molecule has 0 bridgehead atoms. The zero-order chi connectivity index (χ0) is 24.0. The Bertz CT molecular complexity index is 1010. The molecule has 0 aromatic heterocycles. The van der Waals surface area contributed by atoms with E-state index in [-0.39, 0.29) is 30.6 Å². The number of halogens is 2. The van der Waals surface area contributed by atoms with Gasteiger partial charge in [-0.25, -0.2) is 18.4 Å². The molecule has 1 N–H and O–H groups in total. The number of esters is 2. The van der Waals surface area contributed by atoms with Crippen LogP contribution in [0.15, 0.2) is 48.5 Å². The summed E-state index contributed by atoms with van der Waals surface area (Å²) in [6.45, 7) is 0.135. The molecule has 1 aliphatic heterocycles. The molecular formula is C23H23BF2O7. The summed E-state index contributed by atoms with van der Waals surface area (Å²) in [6.07, 6.45) is -0.764. The van der Waals surface area contributed by atoms with Gasteiger partial charge in [-0.05, 0) is 37.1 Å². The maximum absolute atomic E-state index is 13.0. The molecule has 174 valence electrons. The Morgan fingerprint density at radius 3 is 2.48 bits per heavy atom. The fourth-order valence-electron chi connectivity index (χ4n) is 3.44. The molecular weight excluding hydrogens is 437 g/mol. The van der Waals surface area contributed by atoms with Gasteiger partial charge in [0.25, 0.3) is 0 Å². The molecule has 3 rings (SSSR count). The number of ether oxygens (including phenoxy) is 2. The number of benzene rings is 2. The van der Waals surface area contributed by atoms with E-state index < -0.39 is 49.8 Å². The standard InChI is InChI=1S/C23H23BF2O7/c1-23(25,26)11-10-18(27)13-17-12-16-8-5-9-19(20(16)33-24(17)30)22(29)32-14-31-21(28)15-6-3-2-4-7-15/h2-9,17,30H,10-14H2,1H3/t17-/m1/s1. The average molecular weight is 460 g/mol. The van der Waals surface area contributed by atoms with E-state index in [9.17, 15) is 28.2 Å². The molecule has 1 aliphatic rings. The van der Waals surface area contributed by atoms with Crippen LogP contribution < -0.4 is 4.65 Å². The van der Waals surface area contributed by atoms with E-state index in [1.165, 1.54) is 6.07 Å². The Balaban J connectivity index is 1.58. The van der Waals surface area contributed by atoms with Crippen LogP contribution >= 0.6 is 0 Å². The second-order valence-electron chi connectivity index (χ2n) is 7.93. The van der Waals surface area contributed by atoms with E-state index in [0.717, 1.165) is 6.92 Å².